The second-order valence-corrected chi connectivity index (χ2v) is 6.18. The van der Waals surface area contributed by atoms with E-state index in [1.165, 1.54) is 50.5 Å². The molecule has 2 nitrogen and oxygen atoms in total. The molecule has 0 bridgehead atoms. The smallest absolute Gasteiger partial charge is 0.0594 e. The van der Waals surface area contributed by atoms with Gasteiger partial charge >= 0.3 is 0 Å². The molecule has 0 unspecified atom stereocenters. The number of hydrogen-bond donors (Lipinski definition) is 0. The van der Waals surface area contributed by atoms with E-state index in [9.17, 15) is 0 Å². The first-order valence-electron chi connectivity index (χ1n) is 8.94. The molecule has 1 heterocycles. The summed E-state index contributed by atoms with van der Waals surface area (Å²) in [6.45, 7) is 5.07. The van der Waals surface area contributed by atoms with E-state index in [4.69, 9.17) is 4.74 Å². The van der Waals surface area contributed by atoms with Crippen molar-refractivity contribution in [3.05, 3.63) is 48.0 Å². The highest BCUT2D eigenvalue weighted by molar-refractivity contribution is 5.14. The van der Waals surface area contributed by atoms with Gasteiger partial charge in [0.1, 0.15) is 0 Å². The van der Waals surface area contributed by atoms with Gasteiger partial charge in [-0.3, -0.25) is 4.90 Å². The van der Waals surface area contributed by atoms with Crippen molar-refractivity contribution in [3.8, 4) is 0 Å². The highest BCUT2D eigenvalue weighted by Crippen LogP contribution is 2.10. The fourth-order valence-corrected chi connectivity index (χ4v) is 2.89. The number of hydrogen-bond acceptors (Lipinski definition) is 2. The molecule has 1 fully saturated rings. The molecule has 1 saturated heterocycles. The van der Waals surface area contributed by atoms with Crippen molar-refractivity contribution in [2.45, 2.75) is 44.9 Å². The van der Waals surface area contributed by atoms with E-state index in [0.29, 0.717) is 0 Å². The Morgan fingerprint density at radius 2 is 1.59 bits per heavy atom. The molecule has 1 aromatic rings. The highest BCUT2D eigenvalue weighted by Gasteiger charge is 2.07. The summed E-state index contributed by atoms with van der Waals surface area (Å²) in [6, 6.07) is 10.8. The first kappa shape index (κ1) is 17.2. The van der Waals surface area contributed by atoms with Crippen molar-refractivity contribution in [1.29, 1.82) is 0 Å². The Kier molecular flexibility index (Phi) is 8.97. The van der Waals surface area contributed by atoms with Crippen LogP contribution >= 0.6 is 0 Å². The van der Waals surface area contributed by atoms with Gasteiger partial charge in [0.2, 0.25) is 0 Å². The molecular weight excluding hydrogens is 270 g/mol. The Balaban J connectivity index is 1.38. The number of unbranched alkanes of at least 4 members (excludes halogenated alkanes) is 5. The molecule has 22 heavy (non-hydrogen) atoms. The fraction of sp³-hybridized carbons (Fsp3) is 0.600. The van der Waals surface area contributed by atoms with E-state index < -0.39 is 0 Å². The number of nitrogens with zero attached hydrogens (tertiary/aromatic N) is 1. The lowest BCUT2D eigenvalue weighted by Crippen LogP contribution is -2.36. The van der Waals surface area contributed by atoms with Crippen LogP contribution in [0, 0.1) is 0 Å². The fourth-order valence-electron chi connectivity index (χ4n) is 2.89. The molecule has 0 amide bonds. The number of aryl methyl sites for hydroxylation is 1. The van der Waals surface area contributed by atoms with Gasteiger partial charge in [-0.2, -0.15) is 0 Å². The van der Waals surface area contributed by atoms with Crippen molar-refractivity contribution in [1.82, 2.24) is 4.90 Å². The molecule has 0 N–H and O–H groups in total. The molecule has 0 spiro atoms. The summed E-state index contributed by atoms with van der Waals surface area (Å²) in [5.74, 6) is 0. The monoisotopic (exact) mass is 301 g/mol. The lowest BCUT2D eigenvalue weighted by atomic mass is 10.0. The standard InChI is InChI=1S/C20H31NO/c1(3-5-8-12-20-13-9-7-10-14-20)2-4-6-11-15-21-16-18-22-19-17-21/h6-7,9-11,13-14H,1-5,8,12,15-19H2/b11-6+. The maximum atomic E-state index is 5.35. The molecule has 0 aromatic heterocycles. The Morgan fingerprint density at radius 1 is 0.864 bits per heavy atom. The van der Waals surface area contributed by atoms with Crippen LogP contribution in [0.4, 0.5) is 0 Å². The summed E-state index contributed by atoms with van der Waals surface area (Å²) in [4.78, 5) is 2.46. The van der Waals surface area contributed by atoms with E-state index in [1.807, 2.05) is 0 Å². The summed E-state index contributed by atoms with van der Waals surface area (Å²) in [5.41, 5.74) is 1.48. The molecule has 0 saturated carbocycles. The second-order valence-electron chi connectivity index (χ2n) is 6.18. The number of rotatable bonds is 10. The van der Waals surface area contributed by atoms with Gasteiger partial charge in [0, 0.05) is 19.6 Å². The Morgan fingerprint density at radius 3 is 2.41 bits per heavy atom. The van der Waals surface area contributed by atoms with Gasteiger partial charge < -0.3 is 4.74 Å². The predicted octanol–water partition coefficient (Wildman–Crippen LogP) is 4.46. The van der Waals surface area contributed by atoms with E-state index in [2.05, 4.69) is 47.4 Å². The maximum Gasteiger partial charge on any atom is 0.0594 e. The van der Waals surface area contributed by atoms with Crippen LogP contribution < -0.4 is 0 Å². The van der Waals surface area contributed by atoms with Gasteiger partial charge in [-0.05, 0) is 31.2 Å². The first-order chi connectivity index (χ1) is 10.9. The number of morpholine rings is 1. The minimum atomic E-state index is 0.900. The van der Waals surface area contributed by atoms with Crippen LogP contribution in [-0.2, 0) is 11.2 Å². The largest absolute Gasteiger partial charge is 0.379 e. The van der Waals surface area contributed by atoms with E-state index in [1.54, 1.807) is 0 Å². The van der Waals surface area contributed by atoms with E-state index >= 15 is 0 Å². The molecular formula is C20H31NO. The Bertz CT molecular complexity index is 395. The predicted molar refractivity (Wildman–Crippen MR) is 94.2 cm³/mol. The molecule has 1 aliphatic heterocycles. The molecule has 0 atom stereocenters. The van der Waals surface area contributed by atoms with Crippen LogP contribution in [0.25, 0.3) is 0 Å². The normalized spacial score (nSPS) is 16.4. The second kappa shape index (κ2) is 11.4. The minimum absolute atomic E-state index is 0.900. The van der Waals surface area contributed by atoms with Gasteiger partial charge in [-0.15, -0.1) is 0 Å². The zero-order valence-corrected chi connectivity index (χ0v) is 13.9. The van der Waals surface area contributed by atoms with Crippen LogP contribution in [0.3, 0.4) is 0 Å². The Hall–Kier alpha value is -1.12. The van der Waals surface area contributed by atoms with Crippen molar-refractivity contribution in [2.75, 3.05) is 32.8 Å². The van der Waals surface area contributed by atoms with E-state index in [-0.39, 0.29) is 0 Å². The topological polar surface area (TPSA) is 12.5 Å². The molecule has 2 rings (SSSR count). The summed E-state index contributed by atoms with van der Waals surface area (Å²) >= 11 is 0. The zero-order chi connectivity index (χ0) is 15.3. The lowest BCUT2D eigenvalue weighted by Gasteiger charge is -2.25. The van der Waals surface area contributed by atoms with Crippen LogP contribution in [-0.4, -0.2) is 37.7 Å². The molecule has 1 aliphatic rings. The van der Waals surface area contributed by atoms with Gasteiger partial charge in [-0.1, -0.05) is 61.7 Å². The summed E-state index contributed by atoms with van der Waals surface area (Å²) in [6.07, 6.45) is 14.0. The Labute approximate surface area is 136 Å². The van der Waals surface area contributed by atoms with Crippen LogP contribution in [0.5, 0.6) is 0 Å². The maximum absolute atomic E-state index is 5.35. The summed E-state index contributed by atoms with van der Waals surface area (Å²) in [7, 11) is 0. The van der Waals surface area contributed by atoms with E-state index in [0.717, 1.165) is 32.8 Å². The third-order valence-corrected chi connectivity index (χ3v) is 4.31. The molecule has 1 aromatic carbocycles. The molecule has 2 heteroatoms. The van der Waals surface area contributed by atoms with Crippen molar-refractivity contribution >= 4 is 0 Å². The SMILES string of the molecule is C(=C\CN1CCOCC1)/CCCCCCCc1ccccc1. The van der Waals surface area contributed by atoms with Crippen molar-refractivity contribution < 1.29 is 4.74 Å². The zero-order valence-electron chi connectivity index (χ0n) is 13.9. The minimum Gasteiger partial charge on any atom is -0.379 e. The third-order valence-electron chi connectivity index (χ3n) is 4.31. The average Bonchev–Trinajstić information content (AvgIpc) is 2.58. The van der Waals surface area contributed by atoms with Crippen LogP contribution in [0.1, 0.15) is 44.1 Å². The number of ether oxygens (including phenoxy) is 1. The molecule has 0 radical (unpaired) electrons. The van der Waals surface area contributed by atoms with Crippen LogP contribution in [0.15, 0.2) is 42.5 Å². The lowest BCUT2D eigenvalue weighted by molar-refractivity contribution is 0.0434. The van der Waals surface area contributed by atoms with Gasteiger partial charge in [0.05, 0.1) is 13.2 Å². The third kappa shape index (κ3) is 7.77. The van der Waals surface area contributed by atoms with Gasteiger partial charge in [0.25, 0.3) is 0 Å². The number of benzene rings is 1. The van der Waals surface area contributed by atoms with Gasteiger partial charge in [0.15, 0.2) is 0 Å². The number of allylic oxidation sites excluding steroid dienone is 1. The van der Waals surface area contributed by atoms with Gasteiger partial charge in [-0.25, -0.2) is 0 Å². The molecule has 122 valence electrons. The van der Waals surface area contributed by atoms with Crippen LogP contribution in [0.2, 0.25) is 0 Å². The van der Waals surface area contributed by atoms with Crippen molar-refractivity contribution in [2.24, 2.45) is 0 Å². The molecule has 0 aliphatic carbocycles. The average molecular weight is 301 g/mol. The highest BCUT2D eigenvalue weighted by atomic mass is 16.5. The quantitative estimate of drug-likeness (QED) is 0.467. The summed E-state index contributed by atoms with van der Waals surface area (Å²) in [5, 5.41) is 0. The summed E-state index contributed by atoms with van der Waals surface area (Å²) < 4.78 is 5.35. The first-order valence-corrected chi connectivity index (χ1v) is 8.94. The van der Waals surface area contributed by atoms with Crippen molar-refractivity contribution in [3.63, 3.8) is 0 Å².